The molecule has 0 bridgehead atoms. The van der Waals surface area contributed by atoms with E-state index < -0.39 is 0 Å². The molecule has 0 radical (unpaired) electrons. The molecule has 10 heteroatoms. The summed E-state index contributed by atoms with van der Waals surface area (Å²) >= 11 is 1.67. The molecule has 1 N–H and O–H groups in total. The van der Waals surface area contributed by atoms with Gasteiger partial charge in [-0.05, 0) is 26.0 Å². The minimum atomic E-state index is 0.580. The van der Waals surface area contributed by atoms with Crippen molar-refractivity contribution < 1.29 is 9.47 Å². The molecule has 3 aromatic rings. The molecule has 6 rings (SSSR count). The molecule has 0 aliphatic carbocycles. The van der Waals surface area contributed by atoms with Gasteiger partial charge in [-0.3, -0.25) is 0 Å². The number of nitrogens with zero attached hydrogens (tertiary/aromatic N) is 6. The fraction of sp³-hybridized carbons (Fsp3) is 0.609. The first-order valence-electron chi connectivity index (χ1n) is 12.0. The summed E-state index contributed by atoms with van der Waals surface area (Å²) in [5.74, 6) is 2.58. The van der Waals surface area contributed by atoms with Crippen molar-refractivity contribution in [3.05, 3.63) is 11.1 Å². The van der Waals surface area contributed by atoms with Crippen LogP contribution >= 0.6 is 11.3 Å². The summed E-state index contributed by atoms with van der Waals surface area (Å²) < 4.78 is 12.7. The first-order valence-corrected chi connectivity index (χ1v) is 12.8. The van der Waals surface area contributed by atoms with E-state index in [9.17, 15) is 0 Å². The molecule has 176 valence electrons. The van der Waals surface area contributed by atoms with Crippen LogP contribution in [-0.2, 0) is 17.7 Å². The lowest BCUT2D eigenvalue weighted by Gasteiger charge is -2.33. The molecule has 0 spiro atoms. The minimum Gasteiger partial charge on any atom is -0.477 e. The Bertz CT molecular complexity index is 1170. The average molecular weight is 470 g/mol. The van der Waals surface area contributed by atoms with E-state index in [0.29, 0.717) is 12.5 Å². The highest BCUT2D eigenvalue weighted by molar-refractivity contribution is 7.25. The van der Waals surface area contributed by atoms with Gasteiger partial charge in [0.15, 0.2) is 0 Å². The van der Waals surface area contributed by atoms with Crippen LogP contribution in [0.25, 0.3) is 20.4 Å². The van der Waals surface area contributed by atoms with Crippen LogP contribution in [0, 0.1) is 0 Å². The van der Waals surface area contributed by atoms with Crippen molar-refractivity contribution in [2.75, 3.05) is 82.5 Å². The van der Waals surface area contributed by atoms with Gasteiger partial charge in [0, 0.05) is 63.3 Å². The van der Waals surface area contributed by atoms with E-state index in [1.165, 1.54) is 16.5 Å². The first kappa shape index (κ1) is 21.3. The molecule has 0 atom stereocenters. The van der Waals surface area contributed by atoms with Crippen molar-refractivity contribution in [3.8, 4) is 5.88 Å². The van der Waals surface area contributed by atoms with Gasteiger partial charge < -0.3 is 29.5 Å². The number of likely N-dealkylation sites (N-methyl/N-ethyl adjacent to an activating group) is 1. The second-order valence-corrected chi connectivity index (χ2v) is 9.94. The summed E-state index contributed by atoms with van der Waals surface area (Å²) in [6.07, 6.45) is 1.00. The lowest BCUT2D eigenvalue weighted by atomic mass is 9.97. The first-order chi connectivity index (χ1) is 16.2. The maximum absolute atomic E-state index is 6.04. The number of anilines is 2. The third-order valence-electron chi connectivity index (χ3n) is 6.78. The standard InChI is InChI=1S/C23H31N7O2S/c1-3-32-21-19-18(25-23(27-21)30-8-5-24-6-9-30)17-15-4-7-28(2)14-16(15)20(26-22(17)33-19)29-10-12-31-13-11-29/h24H,3-14H2,1-2H3. The maximum Gasteiger partial charge on any atom is 0.236 e. The summed E-state index contributed by atoms with van der Waals surface area (Å²) in [4.78, 5) is 23.3. The predicted molar refractivity (Wildman–Crippen MR) is 132 cm³/mol. The van der Waals surface area contributed by atoms with Crippen LogP contribution in [0.15, 0.2) is 0 Å². The predicted octanol–water partition coefficient (Wildman–Crippen LogP) is 1.87. The smallest absolute Gasteiger partial charge is 0.236 e. The monoisotopic (exact) mass is 469 g/mol. The molecule has 0 amide bonds. The molecule has 0 aromatic carbocycles. The number of piperazine rings is 1. The molecule has 2 fully saturated rings. The third kappa shape index (κ3) is 3.78. The Balaban J connectivity index is 1.58. The highest BCUT2D eigenvalue weighted by Crippen LogP contribution is 2.43. The van der Waals surface area contributed by atoms with Gasteiger partial charge in [-0.25, -0.2) is 9.97 Å². The molecule has 33 heavy (non-hydrogen) atoms. The van der Waals surface area contributed by atoms with Crippen molar-refractivity contribution in [2.45, 2.75) is 19.9 Å². The van der Waals surface area contributed by atoms with Gasteiger partial charge in [0.1, 0.15) is 20.9 Å². The quantitative estimate of drug-likeness (QED) is 0.616. The number of ether oxygens (including phenoxy) is 2. The third-order valence-corrected chi connectivity index (χ3v) is 7.84. The summed E-state index contributed by atoms with van der Waals surface area (Å²) in [6.45, 7) is 11.5. The molecular formula is C23H31N7O2S. The van der Waals surface area contributed by atoms with E-state index in [4.69, 9.17) is 24.4 Å². The number of rotatable bonds is 4. The Labute approximate surface area is 197 Å². The van der Waals surface area contributed by atoms with E-state index in [-0.39, 0.29) is 0 Å². The largest absolute Gasteiger partial charge is 0.477 e. The number of morpholine rings is 1. The highest BCUT2D eigenvalue weighted by Gasteiger charge is 2.29. The topological polar surface area (TPSA) is 78.9 Å². The summed E-state index contributed by atoms with van der Waals surface area (Å²) in [6, 6.07) is 0. The second-order valence-electron chi connectivity index (χ2n) is 8.94. The zero-order valence-corrected chi connectivity index (χ0v) is 20.2. The number of pyridine rings is 1. The Morgan fingerprint density at radius 3 is 2.61 bits per heavy atom. The highest BCUT2D eigenvalue weighted by atomic mass is 32.1. The van der Waals surface area contributed by atoms with Crippen molar-refractivity contribution in [1.29, 1.82) is 0 Å². The van der Waals surface area contributed by atoms with E-state index in [0.717, 1.165) is 98.8 Å². The number of hydrogen-bond acceptors (Lipinski definition) is 10. The van der Waals surface area contributed by atoms with Gasteiger partial charge in [0.25, 0.3) is 0 Å². The van der Waals surface area contributed by atoms with Gasteiger partial charge >= 0.3 is 0 Å². The molecule has 6 heterocycles. The van der Waals surface area contributed by atoms with Crippen LogP contribution in [0.5, 0.6) is 5.88 Å². The van der Waals surface area contributed by atoms with E-state index in [2.05, 4.69) is 27.1 Å². The number of nitrogens with one attached hydrogen (secondary N) is 1. The molecule has 3 aliphatic rings. The van der Waals surface area contributed by atoms with Gasteiger partial charge in [-0.1, -0.05) is 0 Å². The van der Waals surface area contributed by atoms with Crippen molar-refractivity contribution >= 4 is 43.5 Å². The molecule has 9 nitrogen and oxygen atoms in total. The van der Waals surface area contributed by atoms with E-state index >= 15 is 0 Å². The lowest BCUT2D eigenvalue weighted by Crippen LogP contribution is -2.44. The average Bonchev–Trinajstić information content (AvgIpc) is 3.23. The zero-order chi connectivity index (χ0) is 22.4. The molecular weight excluding hydrogens is 438 g/mol. The van der Waals surface area contributed by atoms with Crippen LogP contribution in [0.4, 0.5) is 11.8 Å². The maximum atomic E-state index is 6.04. The SMILES string of the molecule is CCOc1nc(N2CCNCC2)nc2c1sc1nc(N3CCOCC3)c3c(c12)CCN(C)C3. The molecule has 3 aliphatic heterocycles. The molecule has 0 saturated carbocycles. The number of fused-ring (bicyclic) bond motifs is 5. The molecule has 0 unspecified atom stereocenters. The Morgan fingerprint density at radius 1 is 1.00 bits per heavy atom. The van der Waals surface area contributed by atoms with E-state index in [1.54, 1.807) is 11.3 Å². The van der Waals surface area contributed by atoms with Crippen LogP contribution in [0.3, 0.4) is 0 Å². The minimum absolute atomic E-state index is 0.580. The number of aromatic nitrogens is 3. The van der Waals surface area contributed by atoms with Crippen LogP contribution < -0.4 is 19.9 Å². The number of hydrogen-bond donors (Lipinski definition) is 1. The van der Waals surface area contributed by atoms with Crippen molar-refractivity contribution in [1.82, 2.24) is 25.2 Å². The Morgan fingerprint density at radius 2 is 1.82 bits per heavy atom. The normalized spacial score (nSPS) is 19.9. The van der Waals surface area contributed by atoms with Gasteiger partial charge in [0.05, 0.1) is 19.8 Å². The molecule has 3 aromatic heterocycles. The molecule has 2 saturated heterocycles. The van der Waals surface area contributed by atoms with Crippen molar-refractivity contribution in [2.24, 2.45) is 0 Å². The number of thiophene rings is 1. The zero-order valence-electron chi connectivity index (χ0n) is 19.4. The van der Waals surface area contributed by atoms with Gasteiger partial charge in [-0.15, -0.1) is 11.3 Å². The van der Waals surface area contributed by atoms with E-state index in [1.807, 2.05) is 6.92 Å². The van der Waals surface area contributed by atoms with Gasteiger partial charge in [0.2, 0.25) is 11.8 Å². The van der Waals surface area contributed by atoms with Crippen LogP contribution in [0.2, 0.25) is 0 Å². The second kappa shape index (κ2) is 8.83. The van der Waals surface area contributed by atoms with Gasteiger partial charge in [-0.2, -0.15) is 4.98 Å². The van der Waals surface area contributed by atoms with Crippen molar-refractivity contribution in [3.63, 3.8) is 0 Å². The Kier molecular flexibility index (Phi) is 5.69. The van der Waals surface area contributed by atoms with Crippen LogP contribution in [-0.4, -0.2) is 92.5 Å². The fourth-order valence-corrected chi connectivity index (χ4v) is 6.18. The fourth-order valence-electron chi connectivity index (χ4n) is 5.10. The van der Waals surface area contributed by atoms with Crippen LogP contribution in [0.1, 0.15) is 18.1 Å². The Hall–Kier alpha value is -2.27. The lowest BCUT2D eigenvalue weighted by molar-refractivity contribution is 0.122. The summed E-state index contributed by atoms with van der Waals surface area (Å²) in [5, 5.41) is 4.62. The summed E-state index contributed by atoms with van der Waals surface area (Å²) in [5.41, 5.74) is 3.75. The summed E-state index contributed by atoms with van der Waals surface area (Å²) in [7, 11) is 2.19.